The number of hydrogen-bond donors (Lipinski definition) is 4. The molecule has 1 fully saturated rings. The van der Waals surface area contributed by atoms with Crippen LogP contribution in [0.4, 0.5) is 0 Å². The van der Waals surface area contributed by atoms with E-state index in [1.165, 1.54) is 0 Å². The van der Waals surface area contributed by atoms with Crippen molar-refractivity contribution in [3.63, 3.8) is 0 Å². The van der Waals surface area contributed by atoms with E-state index < -0.39 is 29.7 Å². The first-order valence-electron chi connectivity index (χ1n) is 11.6. The molecule has 182 valence electrons. The summed E-state index contributed by atoms with van der Waals surface area (Å²) in [5.41, 5.74) is 5.50. The Morgan fingerprint density at radius 1 is 1.09 bits per heavy atom. The zero-order valence-corrected chi connectivity index (χ0v) is 20.7. The molecule has 0 aromatic heterocycles. The SMILES string of the molecule is CC(C)C[C@@H]1NC(=S)N(NC(=O)[C@H](CC(C)C)[C@H](CCCc2ccccc2)C(=O)NO)C1=O. The smallest absolute Gasteiger partial charge is 0.270 e. The zero-order chi connectivity index (χ0) is 24.5. The molecular formula is C24H36N4O4S. The van der Waals surface area contributed by atoms with Crippen molar-refractivity contribution in [2.45, 2.75) is 65.8 Å². The number of thiocarbonyl (C=S) groups is 1. The molecule has 3 amide bonds. The van der Waals surface area contributed by atoms with E-state index in [1.807, 2.05) is 58.0 Å². The maximum absolute atomic E-state index is 13.3. The lowest BCUT2D eigenvalue weighted by molar-refractivity contribution is -0.144. The Hall–Kier alpha value is -2.52. The predicted octanol–water partition coefficient (Wildman–Crippen LogP) is 2.96. The Balaban J connectivity index is 2.14. The number of benzene rings is 1. The van der Waals surface area contributed by atoms with Crippen LogP contribution in [0.1, 0.15) is 58.9 Å². The quantitative estimate of drug-likeness (QED) is 0.210. The van der Waals surface area contributed by atoms with Gasteiger partial charge < -0.3 is 5.32 Å². The summed E-state index contributed by atoms with van der Waals surface area (Å²) in [5, 5.41) is 13.5. The van der Waals surface area contributed by atoms with Crippen molar-refractivity contribution in [1.29, 1.82) is 0 Å². The van der Waals surface area contributed by atoms with Gasteiger partial charge in [-0.2, -0.15) is 5.01 Å². The van der Waals surface area contributed by atoms with Gasteiger partial charge in [0.05, 0.1) is 11.8 Å². The fourth-order valence-corrected chi connectivity index (χ4v) is 4.47. The molecule has 0 spiro atoms. The third-order valence-corrected chi connectivity index (χ3v) is 6.07. The molecule has 8 nitrogen and oxygen atoms in total. The summed E-state index contributed by atoms with van der Waals surface area (Å²) >= 11 is 5.26. The van der Waals surface area contributed by atoms with Crippen LogP contribution in [0, 0.1) is 23.7 Å². The Morgan fingerprint density at radius 3 is 2.33 bits per heavy atom. The summed E-state index contributed by atoms with van der Waals surface area (Å²) in [4.78, 5) is 38.6. The number of hydroxylamine groups is 1. The summed E-state index contributed by atoms with van der Waals surface area (Å²) in [6.45, 7) is 7.94. The molecule has 1 saturated heterocycles. The van der Waals surface area contributed by atoms with Crippen LogP contribution in [0.5, 0.6) is 0 Å². The van der Waals surface area contributed by atoms with E-state index >= 15 is 0 Å². The Labute approximate surface area is 201 Å². The number of rotatable bonds is 12. The van der Waals surface area contributed by atoms with E-state index in [0.717, 1.165) is 17.0 Å². The lowest BCUT2D eigenvalue weighted by Gasteiger charge is -2.28. The largest absolute Gasteiger partial charge is 0.349 e. The molecule has 1 aliphatic rings. The van der Waals surface area contributed by atoms with Crippen LogP contribution in [0.3, 0.4) is 0 Å². The maximum atomic E-state index is 13.3. The van der Waals surface area contributed by atoms with Gasteiger partial charge in [0.2, 0.25) is 11.8 Å². The first kappa shape index (κ1) is 26.7. The van der Waals surface area contributed by atoms with Gasteiger partial charge >= 0.3 is 0 Å². The van der Waals surface area contributed by atoms with Crippen LogP contribution in [0.15, 0.2) is 30.3 Å². The molecule has 9 heteroatoms. The van der Waals surface area contributed by atoms with Gasteiger partial charge in [0.15, 0.2) is 5.11 Å². The number of aryl methyl sites for hydroxylation is 1. The molecule has 0 unspecified atom stereocenters. The van der Waals surface area contributed by atoms with E-state index in [-0.39, 0.29) is 22.9 Å². The minimum atomic E-state index is -0.744. The average molecular weight is 477 g/mol. The molecule has 0 saturated carbocycles. The fourth-order valence-electron chi connectivity index (χ4n) is 4.19. The van der Waals surface area contributed by atoms with Crippen LogP contribution in [0.25, 0.3) is 0 Å². The number of amides is 3. The molecule has 4 N–H and O–H groups in total. The minimum absolute atomic E-state index is 0.122. The predicted molar refractivity (Wildman–Crippen MR) is 130 cm³/mol. The van der Waals surface area contributed by atoms with Crippen LogP contribution in [0.2, 0.25) is 0 Å². The highest BCUT2D eigenvalue weighted by molar-refractivity contribution is 7.80. The maximum Gasteiger partial charge on any atom is 0.270 e. The molecule has 1 aliphatic heterocycles. The molecule has 33 heavy (non-hydrogen) atoms. The Morgan fingerprint density at radius 2 is 1.76 bits per heavy atom. The monoisotopic (exact) mass is 476 g/mol. The number of carbonyl (C=O) groups excluding carboxylic acids is 3. The lowest BCUT2D eigenvalue weighted by atomic mass is 9.81. The van der Waals surface area contributed by atoms with Crippen molar-refractivity contribution in [1.82, 2.24) is 21.2 Å². The highest BCUT2D eigenvalue weighted by Crippen LogP contribution is 2.27. The van der Waals surface area contributed by atoms with Crippen LogP contribution < -0.4 is 16.2 Å². The van der Waals surface area contributed by atoms with Crippen molar-refractivity contribution in [2.24, 2.45) is 23.7 Å². The molecule has 2 rings (SSSR count). The Bertz CT molecular complexity index is 831. The van der Waals surface area contributed by atoms with Crippen molar-refractivity contribution in [3.8, 4) is 0 Å². The van der Waals surface area contributed by atoms with E-state index in [9.17, 15) is 19.6 Å². The first-order valence-corrected chi connectivity index (χ1v) is 12.0. The van der Waals surface area contributed by atoms with E-state index in [1.54, 1.807) is 5.48 Å². The second kappa shape index (κ2) is 12.6. The van der Waals surface area contributed by atoms with E-state index in [4.69, 9.17) is 12.2 Å². The van der Waals surface area contributed by atoms with Gasteiger partial charge in [0.25, 0.3) is 5.91 Å². The van der Waals surface area contributed by atoms with Gasteiger partial charge in [0.1, 0.15) is 6.04 Å². The van der Waals surface area contributed by atoms with Crippen molar-refractivity contribution in [2.75, 3.05) is 0 Å². The normalized spacial score (nSPS) is 17.8. The van der Waals surface area contributed by atoms with Crippen molar-refractivity contribution in [3.05, 3.63) is 35.9 Å². The molecule has 1 aromatic rings. The molecule has 1 aromatic carbocycles. The minimum Gasteiger partial charge on any atom is -0.349 e. The zero-order valence-electron chi connectivity index (χ0n) is 19.8. The summed E-state index contributed by atoms with van der Waals surface area (Å²) in [6.07, 6.45) is 2.85. The van der Waals surface area contributed by atoms with Gasteiger partial charge in [-0.1, -0.05) is 58.0 Å². The molecule has 0 radical (unpaired) electrons. The highest BCUT2D eigenvalue weighted by atomic mass is 32.1. The molecule has 3 atom stereocenters. The number of nitrogens with one attached hydrogen (secondary N) is 3. The number of carbonyl (C=O) groups is 3. The van der Waals surface area contributed by atoms with Gasteiger partial charge in [-0.05, 0) is 61.7 Å². The van der Waals surface area contributed by atoms with Crippen LogP contribution >= 0.6 is 12.2 Å². The molecule has 0 aliphatic carbocycles. The van der Waals surface area contributed by atoms with E-state index in [0.29, 0.717) is 25.7 Å². The molecule has 0 bridgehead atoms. The third-order valence-electron chi connectivity index (χ3n) is 5.77. The van der Waals surface area contributed by atoms with Crippen LogP contribution in [-0.4, -0.2) is 39.1 Å². The first-order chi connectivity index (χ1) is 15.6. The Kier molecular flexibility index (Phi) is 10.2. The average Bonchev–Trinajstić information content (AvgIpc) is 3.02. The fraction of sp³-hybridized carbons (Fsp3) is 0.583. The number of hydrogen-bond acceptors (Lipinski definition) is 5. The van der Waals surface area contributed by atoms with Gasteiger partial charge in [0, 0.05) is 0 Å². The summed E-state index contributed by atoms with van der Waals surface area (Å²) in [5.74, 6) is -2.44. The van der Waals surface area contributed by atoms with Crippen LogP contribution in [-0.2, 0) is 20.8 Å². The summed E-state index contributed by atoms with van der Waals surface area (Å²) < 4.78 is 0. The second-order valence-corrected chi connectivity index (χ2v) is 9.86. The number of hydrazine groups is 1. The summed E-state index contributed by atoms with van der Waals surface area (Å²) in [6, 6.07) is 9.40. The van der Waals surface area contributed by atoms with Gasteiger partial charge in [-0.3, -0.25) is 25.0 Å². The standard InChI is InChI=1S/C24H36N4O4S/c1-15(2)13-19(18(22(30)27-32)12-8-11-17-9-6-5-7-10-17)21(29)26-28-23(31)20(14-16(3)4)25-24(28)33/h5-7,9-10,15-16,18-20,32H,8,11-14H2,1-4H3,(H,25,33)(H,26,29)(H,27,30)/t18-,19+,20-/m0/s1. The lowest BCUT2D eigenvalue weighted by Crippen LogP contribution is -2.51. The van der Waals surface area contributed by atoms with Gasteiger partial charge in [-0.25, -0.2) is 5.48 Å². The van der Waals surface area contributed by atoms with E-state index in [2.05, 4.69) is 10.7 Å². The molecule has 1 heterocycles. The van der Waals surface area contributed by atoms with Crippen molar-refractivity contribution < 1.29 is 19.6 Å². The summed E-state index contributed by atoms with van der Waals surface area (Å²) in [7, 11) is 0. The van der Waals surface area contributed by atoms with Crippen molar-refractivity contribution >= 4 is 35.1 Å². The highest BCUT2D eigenvalue weighted by Gasteiger charge is 2.40. The third kappa shape index (κ3) is 7.78. The second-order valence-electron chi connectivity index (χ2n) is 9.48. The number of nitrogens with zero attached hydrogens (tertiary/aromatic N) is 1. The molecular weight excluding hydrogens is 440 g/mol. The topological polar surface area (TPSA) is 111 Å². The van der Waals surface area contributed by atoms with Gasteiger partial charge in [-0.15, -0.1) is 0 Å².